The molecule has 2 aromatic rings. The van der Waals surface area contributed by atoms with Gasteiger partial charge in [0, 0.05) is 16.0 Å². The highest BCUT2D eigenvalue weighted by atomic mass is 35.5. The third-order valence-corrected chi connectivity index (χ3v) is 3.87. The fraction of sp³-hybridized carbons (Fsp3) is 0.267. The molecule has 110 valence electrons. The van der Waals surface area contributed by atoms with Gasteiger partial charge in [0.1, 0.15) is 0 Å². The molecule has 0 spiro atoms. The van der Waals surface area contributed by atoms with Gasteiger partial charge in [-0.15, -0.1) is 11.3 Å². The molecule has 1 aromatic heterocycles. The van der Waals surface area contributed by atoms with E-state index in [9.17, 15) is 9.59 Å². The second kappa shape index (κ2) is 6.83. The van der Waals surface area contributed by atoms with Crippen LogP contribution in [0.25, 0.3) is 0 Å². The summed E-state index contributed by atoms with van der Waals surface area (Å²) in [6.45, 7) is 3.42. The van der Waals surface area contributed by atoms with Crippen LogP contribution in [0.2, 0.25) is 5.02 Å². The van der Waals surface area contributed by atoms with Gasteiger partial charge in [0.15, 0.2) is 6.10 Å². The third kappa shape index (κ3) is 4.37. The first-order valence-electron chi connectivity index (χ1n) is 6.36. The molecule has 1 atom stereocenters. The molecule has 0 amide bonds. The van der Waals surface area contributed by atoms with Gasteiger partial charge < -0.3 is 4.74 Å². The van der Waals surface area contributed by atoms with Gasteiger partial charge in [-0.2, -0.15) is 0 Å². The molecule has 1 heterocycles. The smallest absolute Gasteiger partial charge is 0.312 e. The first-order valence-corrected chi connectivity index (χ1v) is 7.61. The number of carbonyl (C=O) groups excluding carboxylic acids is 2. The normalized spacial score (nSPS) is 12.0. The van der Waals surface area contributed by atoms with Gasteiger partial charge >= 0.3 is 5.97 Å². The Kier molecular flexibility index (Phi) is 5.09. The largest absolute Gasteiger partial charge is 0.454 e. The fourth-order valence-corrected chi connectivity index (χ4v) is 2.52. The molecule has 6 heteroatoms. The van der Waals surface area contributed by atoms with Crippen LogP contribution in [-0.2, 0) is 16.0 Å². The molecule has 0 aliphatic rings. The van der Waals surface area contributed by atoms with E-state index in [-0.39, 0.29) is 12.2 Å². The van der Waals surface area contributed by atoms with E-state index in [2.05, 4.69) is 4.98 Å². The van der Waals surface area contributed by atoms with Crippen LogP contribution in [0.4, 0.5) is 0 Å². The Labute approximate surface area is 131 Å². The predicted molar refractivity (Wildman–Crippen MR) is 81.9 cm³/mol. The minimum Gasteiger partial charge on any atom is -0.454 e. The Balaban J connectivity index is 1.94. The van der Waals surface area contributed by atoms with Crippen LogP contribution < -0.4 is 0 Å². The minimum atomic E-state index is -0.835. The zero-order valence-corrected chi connectivity index (χ0v) is 13.2. The van der Waals surface area contributed by atoms with E-state index in [1.165, 1.54) is 11.3 Å². The summed E-state index contributed by atoms with van der Waals surface area (Å²) >= 11 is 7.24. The molecule has 2 rings (SSSR count). The molecule has 0 bridgehead atoms. The number of benzene rings is 1. The van der Waals surface area contributed by atoms with Crippen LogP contribution in [-0.4, -0.2) is 22.8 Å². The van der Waals surface area contributed by atoms with E-state index in [0.717, 1.165) is 5.01 Å². The summed E-state index contributed by atoms with van der Waals surface area (Å²) < 4.78 is 5.15. The van der Waals surface area contributed by atoms with Crippen molar-refractivity contribution in [1.29, 1.82) is 0 Å². The Morgan fingerprint density at radius 3 is 2.57 bits per heavy atom. The zero-order chi connectivity index (χ0) is 15.4. The van der Waals surface area contributed by atoms with Crippen molar-refractivity contribution in [3.8, 4) is 0 Å². The first-order chi connectivity index (χ1) is 9.95. The summed E-state index contributed by atoms with van der Waals surface area (Å²) in [7, 11) is 0. The van der Waals surface area contributed by atoms with Crippen molar-refractivity contribution >= 4 is 34.7 Å². The average Bonchev–Trinajstić information content (AvgIpc) is 2.83. The third-order valence-electron chi connectivity index (χ3n) is 2.80. The molecule has 1 aromatic carbocycles. The van der Waals surface area contributed by atoms with Crippen LogP contribution in [0.5, 0.6) is 0 Å². The van der Waals surface area contributed by atoms with E-state index < -0.39 is 12.1 Å². The van der Waals surface area contributed by atoms with Crippen molar-refractivity contribution < 1.29 is 14.3 Å². The number of halogens is 1. The van der Waals surface area contributed by atoms with Gasteiger partial charge in [-0.25, -0.2) is 4.98 Å². The van der Waals surface area contributed by atoms with Gasteiger partial charge in [0.05, 0.1) is 17.1 Å². The van der Waals surface area contributed by atoms with Crippen molar-refractivity contribution in [2.45, 2.75) is 26.4 Å². The highest BCUT2D eigenvalue weighted by Crippen LogP contribution is 2.13. The number of rotatable bonds is 5. The number of hydrogen-bond donors (Lipinski definition) is 0. The summed E-state index contributed by atoms with van der Waals surface area (Å²) in [5.74, 6) is -0.718. The standard InChI is InChI=1S/C15H14ClNO3S/c1-9(15(19)11-3-5-12(16)6-4-11)20-14(18)7-13-8-21-10(2)17-13/h3-6,8-9H,7H2,1-2H3. The Morgan fingerprint density at radius 1 is 1.33 bits per heavy atom. The quantitative estimate of drug-likeness (QED) is 0.624. The Morgan fingerprint density at radius 2 is 2.00 bits per heavy atom. The van der Waals surface area contributed by atoms with Crippen molar-refractivity contribution in [1.82, 2.24) is 4.98 Å². The van der Waals surface area contributed by atoms with Gasteiger partial charge in [-0.3, -0.25) is 9.59 Å². The van der Waals surface area contributed by atoms with Gasteiger partial charge in [0.25, 0.3) is 0 Å². The Bertz CT molecular complexity index is 651. The molecular formula is C15H14ClNO3S. The summed E-state index contributed by atoms with van der Waals surface area (Å²) in [6.07, 6.45) is -0.763. The lowest BCUT2D eigenvalue weighted by molar-refractivity contribution is -0.145. The Hall–Kier alpha value is -1.72. The highest BCUT2D eigenvalue weighted by Gasteiger charge is 2.20. The van der Waals surface area contributed by atoms with Gasteiger partial charge in [-0.1, -0.05) is 11.6 Å². The second-order valence-electron chi connectivity index (χ2n) is 4.54. The average molecular weight is 324 g/mol. The molecule has 0 N–H and O–H groups in total. The number of nitrogens with zero attached hydrogens (tertiary/aromatic N) is 1. The monoisotopic (exact) mass is 323 g/mol. The molecule has 0 aliphatic heterocycles. The van der Waals surface area contributed by atoms with Crippen molar-refractivity contribution in [2.75, 3.05) is 0 Å². The molecule has 0 aliphatic carbocycles. The zero-order valence-electron chi connectivity index (χ0n) is 11.6. The highest BCUT2D eigenvalue weighted by molar-refractivity contribution is 7.09. The van der Waals surface area contributed by atoms with E-state index in [1.54, 1.807) is 31.2 Å². The van der Waals surface area contributed by atoms with Crippen LogP contribution in [0.15, 0.2) is 29.6 Å². The summed E-state index contributed by atoms with van der Waals surface area (Å²) in [4.78, 5) is 28.1. The lowest BCUT2D eigenvalue weighted by atomic mass is 10.1. The number of hydrogen-bond acceptors (Lipinski definition) is 5. The summed E-state index contributed by atoms with van der Waals surface area (Å²) in [5, 5.41) is 3.25. The van der Waals surface area contributed by atoms with E-state index in [4.69, 9.17) is 16.3 Å². The fourth-order valence-electron chi connectivity index (χ4n) is 1.78. The number of carbonyl (C=O) groups is 2. The summed E-state index contributed by atoms with van der Waals surface area (Å²) in [6, 6.07) is 6.47. The summed E-state index contributed by atoms with van der Waals surface area (Å²) in [5.41, 5.74) is 1.12. The van der Waals surface area contributed by atoms with E-state index in [0.29, 0.717) is 16.3 Å². The molecule has 21 heavy (non-hydrogen) atoms. The van der Waals surface area contributed by atoms with Gasteiger partial charge in [-0.05, 0) is 38.1 Å². The second-order valence-corrected chi connectivity index (χ2v) is 6.04. The molecule has 0 radical (unpaired) electrons. The number of thiazole rings is 1. The molecule has 0 saturated carbocycles. The topological polar surface area (TPSA) is 56.3 Å². The van der Waals surface area contributed by atoms with Crippen molar-refractivity contribution in [3.63, 3.8) is 0 Å². The molecule has 0 fully saturated rings. The first kappa shape index (κ1) is 15.7. The maximum Gasteiger partial charge on any atom is 0.312 e. The number of ketones is 1. The lowest BCUT2D eigenvalue weighted by Crippen LogP contribution is -2.25. The molecular weight excluding hydrogens is 310 g/mol. The molecule has 4 nitrogen and oxygen atoms in total. The number of esters is 1. The maximum absolute atomic E-state index is 12.1. The van der Waals surface area contributed by atoms with Crippen LogP contribution in [0, 0.1) is 6.92 Å². The number of aromatic nitrogens is 1. The van der Waals surface area contributed by atoms with Crippen molar-refractivity contribution in [2.24, 2.45) is 0 Å². The van der Waals surface area contributed by atoms with Gasteiger partial charge in [0.2, 0.25) is 5.78 Å². The number of aryl methyl sites for hydroxylation is 1. The minimum absolute atomic E-state index is 0.0720. The van der Waals surface area contributed by atoms with Crippen molar-refractivity contribution in [3.05, 3.63) is 50.9 Å². The maximum atomic E-state index is 12.1. The van der Waals surface area contributed by atoms with Crippen LogP contribution in [0.1, 0.15) is 28.0 Å². The molecule has 0 saturated heterocycles. The molecule has 1 unspecified atom stereocenters. The van der Waals surface area contributed by atoms with Crippen LogP contribution in [0.3, 0.4) is 0 Å². The SMILES string of the molecule is Cc1nc(CC(=O)OC(C)C(=O)c2ccc(Cl)cc2)cs1. The predicted octanol–water partition coefficient (Wildman–Crippen LogP) is 3.46. The van der Waals surface area contributed by atoms with E-state index in [1.807, 2.05) is 12.3 Å². The number of Topliss-reactive ketones (excluding diaryl/α,β-unsaturated/α-hetero) is 1. The lowest BCUT2D eigenvalue weighted by Gasteiger charge is -2.12. The number of ether oxygens (including phenoxy) is 1. The van der Waals surface area contributed by atoms with E-state index >= 15 is 0 Å². The van der Waals surface area contributed by atoms with Crippen LogP contribution >= 0.6 is 22.9 Å².